The lowest BCUT2D eigenvalue weighted by molar-refractivity contribution is -0.0511. The van der Waals surface area contributed by atoms with E-state index in [1.165, 1.54) is 28.2 Å². The Bertz CT molecular complexity index is 2750. The van der Waals surface area contributed by atoms with Crippen LogP contribution in [-0.4, -0.2) is 72.9 Å². The van der Waals surface area contributed by atoms with Gasteiger partial charge in [0.1, 0.15) is 22.9 Å². The van der Waals surface area contributed by atoms with Gasteiger partial charge >= 0.3 is 17.3 Å². The number of halogens is 4. The van der Waals surface area contributed by atoms with Gasteiger partial charge in [-0.15, -0.1) is 0 Å². The van der Waals surface area contributed by atoms with Crippen LogP contribution in [0.2, 0.25) is 10.0 Å². The second-order valence-electron chi connectivity index (χ2n) is 16.0. The zero-order valence-electron chi connectivity index (χ0n) is 38.7. The van der Waals surface area contributed by atoms with Gasteiger partial charge in [0.15, 0.2) is 5.56 Å². The lowest BCUT2D eigenvalue weighted by Gasteiger charge is -2.19. The van der Waals surface area contributed by atoms with Gasteiger partial charge in [0.05, 0.1) is 59.0 Å². The van der Waals surface area contributed by atoms with E-state index in [9.17, 15) is 28.8 Å². The van der Waals surface area contributed by atoms with Gasteiger partial charge in [-0.3, -0.25) is 37.5 Å². The molecule has 7 N–H and O–H groups in total. The van der Waals surface area contributed by atoms with Gasteiger partial charge < -0.3 is 36.1 Å². The van der Waals surface area contributed by atoms with Gasteiger partial charge in [-0.25, -0.2) is 19.9 Å². The Labute approximate surface area is 439 Å². The summed E-state index contributed by atoms with van der Waals surface area (Å²) in [6.45, 7) is 12.4. The lowest BCUT2D eigenvalue weighted by atomic mass is 10.2. The molecule has 3 aromatic carbocycles. The highest BCUT2D eigenvalue weighted by Gasteiger charge is 2.26. The molecule has 19 nitrogen and oxygen atoms in total. The summed E-state index contributed by atoms with van der Waals surface area (Å²) in [5.41, 5.74) is -0.658. The van der Waals surface area contributed by atoms with Gasteiger partial charge in [-0.2, -0.15) is 0 Å². The summed E-state index contributed by atoms with van der Waals surface area (Å²) in [6, 6.07) is 18.8. The van der Waals surface area contributed by atoms with Gasteiger partial charge in [-0.1, -0.05) is 56.3 Å². The van der Waals surface area contributed by atoms with Crippen LogP contribution >= 0.6 is 68.4 Å². The van der Waals surface area contributed by atoms with Crippen LogP contribution in [-0.2, 0) is 42.5 Å². The van der Waals surface area contributed by atoms with Crippen LogP contribution in [0.3, 0.4) is 0 Å². The minimum absolute atomic E-state index is 0. The number of carbonyl (C=O) groups is 2. The summed E-state index contributed by atoms with van der Waals surface area (Å²) in [4.78, 5) is 80.8. The maximum Gasteiger partial charge on any atom is 0.352 e. The zero-order chi connectivity index (χ0) is 49.7. The Morgan fingerprint density at radius 2 is 1.06 bits per heavy atom. The number of nitrogens with zero attached hydrogens (tertiary/aromatic N) is 4. The minimum Gasteiger partial charge on any atom is -0.423 e. The normalized spacial score (nSPS) is 10.7. The van der Waals surface area contributed by atoms with Crippen molar-refractivity contribution in [2.75, 3.05) is 37.1 Å². The molecule has 2 aromatic heterocycles. The Balaban J connectivity index is 0.00000112. The Hall–Kier alpha value is -4.60. The molecule has 1 amide bonds. The second-order valence-corrected chi connectivity index (χ2v) is 19.3. The number of rotatable bonds is 13. The van der Waals surface area contributed by atoms with Crippen molar-refractivity contribution < 1.29 is 33.7 Å². The fraction of sp³-hybridized carbons (Fsp3) is 0.391. The van der Waals surface area contributed by atoms with E-state index in [1.54, 1.807) is 66.7 Å². The number of aromatic nitrogens is 4. The number of carbonyl (C=O) groups excluding carboxylic acids is 2. The molecule has 382 valence electrons. The van der Waals surface area contributed by atoms with E-state index in [2.05, 4.69) is 61.3 Å². The molecule has 69 heavy (non-hydrogen) atoms. The second kappa shape index (κ2) is 28.9. The van der Waals surface area contributed by atoms with Crippen molar-refractivity contribution in [1.82, 2.24) is 29.9 Å². The summed E-state index contributed by atoms with van der Waals surface area (Å²) < 4.78 is 21.8. The van der Waals surface area contributed by atoms with Crippen molar-refractivity contribution in [3.63, 3.8) is 0 Å². The monoisotopic (exact) mass is 1230 g/mol. The zero-order valence-corrected chi connectivity index (χ0v) is 44.5. The molecule has 0 fully saturated rings. The van der Waals surface area contributed by atoms with E-state index >= 15 is 0 Å². The van der Waals surface area contributed by atoms with E-state index in [1.807, 2.05) is 41.5 Å². The highest BCUT2D eigenvalue weighted by Crippen LogP contribution is 2.29. The number of benzene rings is 3. The molecule has 0 radical (unpaired) electrons. The number of anilines is 4. The molecule has 0 atom stereocenters. The first-order valence-electron chi connectivity index (χ1n) is 19.9. The summed E-state index contributed by atoms with van der Waals surface area (Å²) in [6.07, 6.45) is 0. The molecule has 5 rings (SSSR count). The van der Waals surface area contributed by atoms with Crippen LogP contribution in [0.4, 0.5) is 23.0 Å². The van der Waals surface area contributed by atoms with Crippen LogP contribution in [0.25, 0.3) is 0 Å². The maximum atomic E-state index is 12.8. The van der Waals surface area contributed by atoms with Gasteiger partial charge in [0, 0.05) is 35.3 Å². The highest BCUT2D eigenvalue weighted by molar-refractivity contribution is 14.1. The number of ether oxygens (including phenoxy) is 3. The Kier molecular flexibility index (Phi) is 27.0. The van der Waals surface area contributed by atoms with Gasteiger partial charge in [0.25, 0.3) is 17.0 Å². The number of hydrogen-bond donors (Lipinski definition) is 5. The third-order valence-corrected chi connectivity index (χ3v) is 10.6. The fourth-order valence-corrected chi connectivity index (χ4v) is 7.17. The Morgan fingerprint density at radius 1 is 0.638 bits per heavy atom. The molecule has 5 aromatic rings. The molecular formula is C46H64Cl2I2N8O11. The summed E-state index contributed by atoms with van der Waals surface area (Å²) in [5.74, 6) is -1.41. The molecule has 0 saturated heterocycles. The number of aliphatic hydroxyl groups excluding tert-OH is 1. The average Bonchev–Trinajstić information content (AvgIpc) is 3.24. The first-order chi connectivity index (χ1) is 30.8. The Morgan fingerprint density at radius 3 is 1.46 bits per heavy atom. The molecule has 0 aliphatic rings. The van der Waals surface area contributed by atoms with Crippen molar-refractivity contribution in [1.29, 1.82) is 0 Å². The van der Waals surface area contributed by atoms with Gasteiger partial charge in [-0.05, 0) is 135 Å². The lowest BCUT2D eigenvalue weighted by Crippen LogP contribution is -2.43. The average molecular weight is 1230 g/mol. The van der Waals surface area contributed by atoms with E-state index in [-0.39, 0.29) is 80.5 Å². The van der Waals surface area contributed by atoms with Crippen LogP contribution < -0.4 is 49.5 Å². The van der Waals surface area contributed by atoms with Crippen molar-refractivity contribution >= 4 is 103 Å². The van der Waals surface area contributed by atoms with Crippen LogP contribution in [0.5, 0.6) is 5.75 Å². The summed E-state index contributed by atoms with van der Waals surface area (Å²) in [5, 5.41) is 14.9. The van der Waals surface area contributed by atoms with Crippen LogP contribution in [0.15, 0.2) is 85.9 Å². The number of hydroxylamine groups is 1. The number of nitrogens with one attached hydrogen (secondary N) is 3. The van der Waals surface area contributed by atoms with E-state index in [4.69, 9.17) is 47.4 Å². The van der Waals surface area contributed by atoms with Gasteiger partial charge in [0.2, 0.25) is 0 Å². The molecule has 0 unspecified atom stereocenters. The summed E-state index contributed by atoms with van der Waals surface area (Å²) in [7, 11) is 5.48. The van der Waals surface area contributed by atoms with E-state index in [0.29, 0.717) is 28.0 Å². The topological polar surface area (TPSA) is 250 Å². The molecule has 0 saturated carbocycles. The predicted octanol–water partition coefficient (Wildman–Crippen LogP) is 8.09. The quantitative estimate of drug-likeness (QED) is 0.0246. The molecule has 0 spiro atoms. The molecule has 0 bridgehead atoms. The van der Waals surface area contributed by atoms with E-state index < -0.39 is 34.4 Å². The molecular weight excluding hydrogens is 1170 g/mol. The highest BCUT2D eigenvalue weighted by atomic mass is 127. The van der Waals surface area contributed by atoms with Crippen molar-refractivity contribution in [3.05, 3.63) is 137 Å². The fourth-order valence-electron chi connectivity index (χ4n) is 5.36. The maximum absolute atomic E-state index is 12.8. The first kappa shape index (κ1) is 64.4. The molecule has 0 aliphatic heterocycles. The standard InChI is InChI=1S/C19H24ClIN4O5.C19H15ClIN3O4.C6H14O2.2CH4.H3N/c1-19(2,3)29-8-9-30-23-16(26)14-15(24(4)18(28)25(5)17(14)27)22-13-7-6-11(21)10-12(13)20;1-23-16(22-14-9-8-11(21)10-13(14)20)15(17(25)24(2)19(23)27)18(26)28-12-6-4-3-5-7-12;1-6(2,3)8-5-4-7;;;/h6-7,10,22H,8-9H2,1-5H3,(H,23,26);3-10,22H,1-2H3;7H,4-5H2,1-3H3;2*1H4;1H3. The number of aliphatic hydroxyl groups is 1. The third-order valence-electron chi connectivity index (χ3n) is 8.59. The number of hydrogen-bond acceptors (Lipinski definition) is 14. The number of para-hydroxylation sites is 1. The largest absolute Gasteiger partial charge is 0.423 e. The predicted molar refractivity (Wildman–Crippen MR) is 291 cm³/mol. The van der Waals surface area contributed by atoms with E-state index in [0.717, 1.165) is 25.4 Å². The number of esters is 1. The first-order valence-corrected chi connectivity index (χ1v) is 22.8. The summed E-state index contributed by atoms with van der Waals surface area (Å²) >= 11 is 16.7. The SMILES string of the molecule is C.C.CC(C)(C)OCCO.Cn1c(Nc2ccc(I)cc2Cl)c(C(=O)NOCCOC(C)(C)C)c(=O)n(C)c1=O.Cn1c(Nc2ccc(I)cc2Cl)c(C(=O)Oc2ccccc2)c(=O)n(C)c1=O.N. The minimum atomic E-state index is -0.883. The smallest absolute Gasteiger partial charge is 0.352 e. The molecule has 23 heteroatoms. The molecule has 0 aliphatic carbocycles. The van der Waals surface area contributed by atoms with Crippen LogP contribution in [0.1, 0.15) is 77.1 Å². The van der Waals surface area contributed by atoms with Crippen molar-refractivity contribution in [2.24, 2.45) is 28.2 Å². The number of amides is 1. The van der Waals surface area contributed by atoms with Crippen LogP contribution in [0, 0.1) is 7.14 Å². The van der Waals surface area contributed by atoms with Crippen molar-refractivity contribution in [3.8, 4) is 5.75 Å². The molecule has 2 heterocycles. The van der Waals surface area contributed by atoms with Crippen molar-refractivity contribution in [2.45, 2.75) is 67.6 Å². The third kappa shape index (κ3) is 19.3.